The molecule has 166 valence electrons. The zero-order valence-electron chi connectivity index (χ0n) is 18.3. The van der Waals surface area contributed by atoms with Crippen LogP contribution in [0.3, 0.4) is 0 Å². The Labute approximate surface area is 188 Å². The standard InChI is InChI=1S/C25H29N5O2/c31-25(20-8-10-21(11-9-20)32-18-17-28-13-1-2-14-28)30-15-4-6-23(30)22-5-3-7-24(27-22)29-16-12-26-19-29/h3,5,7-12,16,19,23H,1-2,4,6,13-15,17-18H2/t23-/m1/s1. The van der Waals surface area contributed by atoms with Gasteiger partial charge in [-0.1, -0.05) is 6.07 Å². The van der Waals surface area contributed by atoms with Crippen molar-refractivity contribution in [1.29, 1.82) is 0 Å². The number of likely N-dealkylation sites (tertiary alicyclic amines) is 2. The molecule has 2 fully saturated rings. The van der Waals surface area contributed by atoms with Crippen LogP contribution in [0.1, 0.15) is 47.8 Å². The van der Waals surface area contributed by atoms with Gasteiger partial charge in [-0.2, -0.15) is 0 Å². The minimum Gasteiger partial charge on any atom is -0.492 e. The number of pyridine rings is 1. The molecule has 2 aliphatic rings. The number of amides is 1. The number of hydrogen-bond acceptors (Lipinski definition) is 5. The van der Waals surface area contributed by atoms with Crippen molar-refractivity contribution in [2.45, 2.75) is 31.7 Å². The van der Waals surface area contributed by atoms with Crippen LogP contribution < -0.4 is 4.74 Å². The number of carbonyl (C=O) groups is 1. The van der Waals surface area contributed by atoms with Gasteiger partial charge in [-0.3, -0.25) is 14.3 Å². The van der Waals surface area contributed by atoms with Crippen LogP contribution in [0.15, 0.2) is 61.2 Å². The van der Waals surface area contributed by atoms with Crippen LogP contribution in [-0.4, -0.2) is 63.0 Å². The number of nitrogens with zero attached hydrogens (tertiary/aromatic N) is 5. The lowest BCUT2D eigenvalue weighted by Crippen LogP contribution is -2.31. The molecule has 2 saturated heterocycles. The predicted molar refractivity (Wildman–Crippen MR) is 122 cm³/mol. The second kappa shape index (κ2) is 9.53. The van der Waals surface area contributed by atoms with Gasteiger partial charge >= 0.3 is 0 Å². The van der Waals surface area contributed by atoms with Gasteiger partial charge in [0.2, 0.25) is 0 Å². The molecule has 7 heteroatoms. The van der Waals surface area contributed by atoms with Gasteiger partial charge in [0.1, 0.15) is 24.5 Å². The van der Waals surface area contributed by atoms with Gasteiger partial charge in [0.05, 0.1) is 11.7 Å². The van der Waals surface area contributed by atoms with Crippen LogP contribution in [0.5, 0.6) is 5.75 Å². The molecule has 2 aromatic heterocycles. The largest absolute Gasteiger partial charge is 0.492 e. The first-order valence-corrected chi connectivity index (χ1v) is 11.5. The maximum Gasteiger partial charge on any atom is 0.254 e. The number of aromatic nitrogens is 3. The van der Waals surface area contributed by atoms with Crippen molar-refractivity contribution in [3.05, 3.63) is 72.4 Å². The van der Waals surface area contributed by atoms with E-state index in [1.54, 1.807) is 12.5 Å². The Morgan fingerprint density at radius 2 is 1.88 bits per heavy atom. The molecule has 4 heterocycles. The fourth-order valence-electron chi connectivity index (χ4n) is 4.64. The number of ether oxygens (including phenoxy) is 1. The van der Waals surface area contributed by atoms with E-state index in [0.29, 0.717) is 12.2 Å². The highest BCUT2D eigenvalue weighted by atomic mass is 16.5. The lowest BCUT2D eigenvalue weighted by atomic mass is 10.1. The average molecular weight is 432 g/mol. The maximum atomic E-state index is 13.3. The summed E-state index contributed by atoms with van der Waals surface area (Å²) in [6.45, 7) is 4.73. The zero-order chi connectivity index (χ0) is 21.8. The molecule has 0 saturated carbocycles. The minimum absolute atomic E-state index is 0.0117. The van der Waals surface area contributed by atoms with Gasteiger partial charge in [-0.15, -0.1) is 0 Å². The Hall–Kier alpha value is -3.19. The van der Waals surface area contributed by atoms with Crippen LogP contribution in [0.4, 0.5) is 0 Å². The molecule has 3 aromatic rings. The molecular formula is C25H29N5O2. The third kappa shape index (κ3) is 4.53. The van der Waals surface area contributed by atoms with E-state index in [1.807, 2.05) is 58.1 Å². The number of carbonyl (C=O) groups excluding carboxylic acids is 1. The normalized spacial score (nSPS) is 18.9. The van der Waals surface area contributed by atoms with Crippen molar-refractivity contribution in [1.82, 2.24) is 24.3 Å². The first kappa shape index (κ1) is 20.7. The molecule has 2 aliphatic heterocycles. The Bertz CT molecular complexity index is 1030. The van der Waals surface area contributed by atoms with E-state index in [4.69, 9.17) is 9.72 Å². The van der Waals surface area contributed by atoms with Crippen molar-refractivity contribution in [2.75, 3.05) is 32.8 Å². The number of benzene rings is 1. The Morgan fingerprint density at radius 3 is 2.66 bits per heavy atom. The van der Waals surface area contributed by atoms with E-state index in [2.05, 4.69) is 9.88 Å². The highest BCUT2D eigenvalue weighted by molar-refractivity contribution is 5.94. The van der Waals surface area contributed by atoms with Crippen molar-refractivity contribution in [3.63, 3.8) is 0 Å². The predicted octanol–water partition coefficient (Wildman–Crippen LogP) is 3.72. The fourth-order valence-corrected chi connectivity index (χ4v) is 4.64. The Morgan fingerprint density at radius 1 is 1.03 bits per heavy atom. The molecule has 0 N–H and O–H groups in total. The van der Waals surface area contributed by atoms with Gasteiger partial charge in [0, 0.05) is 31.0 Å². The molecule has 1 atom stereocenters. The zero-order valence-corrected chi connectivity index (χ0v) is 18.3. The summed E-state index contributed by atoms with van der Waals surface area (Å²) in [6.07, 6.45) is 9.82. The molecule has 0 radical (unpaired) electrons. The van der Waals surface area contributed by atoms with Gasteiger partial charge in [0.25, 0.3) is 5.91 Å². The van der Waals surface area contributed by atoms with E-state index >= 15 is 0 Å². The van der Waals surface area contributed by atoms with E-state index in [9.17, 15) is 4.79 Å². The van der Waals surface area contributed by atoms with Gasteiger partial charge in [-0.05, 0) is 75.2 Å². The molecule has 0 bridgehead atoms. The Kier molecular flexibility index (Phi) is 6.16. The second-order valence-corrected chi connectivity index (χ2v) is 8.47. The quantitative estimate of drug-likeness (QED) is 0.571. The Balaban J connectivity index is 1.24. The van der Waals surface area contributed by atoms with E-state index in [0.717, 1.165) is 43.2 Å². The smallest absolute Gasteiger partial charge is 0.254 e. The van der Waals surface area contributed by atoms with Gasteiger partial charge < -0.3 is 9.64 Å². The highest BCUT2D eigenvalue weighted by Gasteiger charge is 2.31. The first-order chi connectivity index (χ1) is 15.8. The molecule has 1 aromatic carbocycles. The van der Waals surface area contributed by atoms with Crippen LogP contribution in [0.25, 0.3) is 5.82 Å². The minimum atomic E-state index is -0.0117. The molecule has 32 heavy (non-hydrogen) atoms. The number of imidazole rings is 1. The summed E-state index contributed by atoms with van der Waals surface area (Å²) >= 11 is 0. The lowest BCUT2D eigenvalue weighted by Gasteiger charge is -2.25. The summed E-state index contributed by atoms with van der Waals surface area (Å²) in [5, 5.41) is 0. The van der Waals surface area contributed by atoms with E-state index < -0.39 is 0 Å². The first-order valence-electron chi connectivity index (χ1n) is 11.5. The van der Waals surface area contributed by atoms with Crippen molar-refractivity contribution in [2.24, 2.45) is 0 Å². The summed E-state index contributed by atoms with van der Waals surface area (Å²) in [4.78, 5) is 26.6. The monoisotopic (exact) mass is 431 g/mol. The van der Waals surface area contributed by atoms with Crippen LogP contribution in [-0.2, 0) is 0 Å². The molecule has 1 amide bonds. The van der Waals surface area contributed by atoms with Crippen molar-refractivity contribution in [3.8, 4) is 11.6 Å². The maximum absolute atomic E-state index is 13.3. The fraction of sp³-hybridized carbons (Fsp3) is 0.400. The van der Waals surface area contributed by atoms with Gasteiger partial charge in [-0.25, -0.2) is 9.97 Å². The molecule has 0 spiro atoms. The summed E-state index contributed by atoms with van der Waals surface area (Å²) in [5.74, 6) is 1.68. The average Bonchev–Trinajstić information content (AvgIpc) is 3.62. The van der Waals surface area contributed by atoms with Crippen LogP contribution >= 0.6 is 0 Å². The van der Waals surface area contributed by atoms with Gasteiger partial charge in [0.15, 0.2) is 0 Å². The number of hydrogen-bond donors (Lipinski definition) is 0. The molecule has 7 nitrogen and oxygen atoms in total. The van der Waals surface area contributed by atoms with Crippen LogP contribution in [0.2, 0.25) is 0 Å². The van der Waals surface area contributed by atoms with E-state index in [1.165, 1.54) is 25.9 Å². The third-order valence-corrected chi connectivity index (χ3v) is 6.36. The van der Waals surface area contributed by atoms with Crippen LogP contribution in [0, 0.1) is 0 Å². The highest BCUT2D eigenvalue weighted by Crippen LogP contribution is 2.32. The summed E-state index contributed by atoms with van der Waals surface area (Å²) in [7, 11) is 0. The SMILES string of the molecule is O=C(c1ccc(OCCN2CCCC2)cc1)N1CCC[C@@H]1c1cccc(-n2ccnc2)n1. The summed E-state index contributed by atoms with van der Waals surface area (Å²) < 4.78 is 7.77. The van der Waals surface area contributed by atoms with E-state index in [-0.39, 0.29) is 11.9 Å². The summed E-state index contributed by atoms with van der Waals surface area (Å²) in [5.41, 5.74) is 1.61. The van der Waals surface area contributed by atoms with Crippen molar-refractivity contribution >= 4 is 5.91 Å². The molecular weight excluding hydrogens is 402 g/mol. The van der Waals surface area contributed by atoms with Crippen molar-refractivity contribution < 1.29 is 9.53 Å². The molecule has 5 rings (SSSR count). The summed E-state index contributed by atoms with van der Waals surface area (Å²) in [6, 6.07) is 13.5. The molecule has 0 aliphatic carbocycles. The second-order valence-electron chi connectivity index (χ2n) is 8.47. The lowest BCUT2D eigenvalue weighted by molar-refractivity contribution is 0.0733. The number of rotatable bonds is 7. The third-order valence-electron chi connectivity index (χ3n) is 6.36. The molecule has 0 unspecified atom stereocenters. The topological polar surface area (TPSA) is 63.5 Å².